The first-order valence-electron chi connectivity index (χ1n) is 6.54. The Morgan fingerprint density at radius 3 is 2.90 bits per heavy atom. The van der Waals surface area contributed by atoms with Crippen LogP contribution in [0.4, 0.5) is 0 Å². The predicted octanol–water partition coefficient (Wildman–Crippen LogP) is 4.82. The SMILES string of the molecule is C=CC(=O)N1Cc2sc(Cl)cc2[C@@H](c2ccccc2Br)C1. The molecule has 0 saturated carbocycles. The van der Waals surface area contributed by atoms with Crippen molar-refractivity contribution in [2.75, 3.05) is 6.54 Å². The van der Waals surface area contributed by atoms with Gasteiger partial charge >= 0.3 is 0 Å². The average Bonchev–Trinajstić information content (AvgIpc) is 2.86. The lowest BCUT2D eigenvalue weighted by molar-refractivity contribution is -0.127. The molecule has 2 heterocycles. The van der Waals surface area contributed by atoms with Crippen LogP contribution >= 0.6 is 38.9 Å². The van der Waals surface area contributed by atoms with E-state index in [0.717, 1.165) is 13.7 Å². The van der Waals surface area contributed by atoms with Gasteiger partial charge in [0, 0.05) is 21.8 Å². The van der Waals surface area contributed by atoms with Crippen LogP contribution in [0.2, 0.25) is 4.34 Å². The summed E-state index contributed by atoms with van der Waals surface area (Å²) in [6.07, 6.45) is 1.37. The van der Waals surface area contributed by atoms with Crippen molar-refractivity contribution in [1.29, 1.82) is 0 Å². The molecule has 1 atom stereocenters. The number of hydrogen-bond donors (Lipinski definition) is 0. The van der Waals surface area contributed by atoms with Gasteiger partial charge in [0.15, 0.2) is 0 Å². The first-order chi connectivity index (χ1) is 10.1. The van der Waals surface area contributed by atoms with E-state index >= 15 is 0 Å². The molecule has 108 valence electrons. The smallest absolute Gasteiger partial charge is 0.246 e. The van der Waals surface area contributed by atoms with Crippen molar-refractivity contribution < 1.29 is 4.79 Å². The van der Waals surface area contributed by atoms with Crippen molar-refractivity contribution in [3.8, 4) is 0 Å². The number of benzene rings is 1. The molecule has 2 aromatic rings. The minimum Gasteiger partial charge on any atom is -0.333 e. The van der Waals surface area contributed by atoms with Gasteiger partial charge in [0.1, 0.15) is 0 Å². The molecule has 1 aromatic heterocycles. The van der Waals surface area contributed by atoms with E-state index in [1.165, 1.54) is 17.2 Å². The van der Waals surface area contributed by atoms with Crippen LogP contribution in [-0.2, 0) is 11.3 Å². The molecule has 1 amide bonds. The molecule has 0 aliphatic carbocycles. The minimum absolute atomic E-state index is 0.0396. The van der Waals surface area contributed by atoms with Crippen LogP contribution in [0.1, 0.15) is 21.9 Å². The van der Waals surface area contributed by atoms with Crippen LogP contribution in [0.3, 0.4) is 0 Å². The lowest BCUT2D eigenvalue weighted by Crippen LogP contribution is -2.37. The number of fused-ring (bicyclic) bond motifs is 1. The summed E-state index contributed by atoms with van der Waals surface area (Å²) in [7, 11) is 0. The minimum atomic E-state index is -0.0396. The fraction of sp³-hybridized carbons (Fsp3) is 0.188. The molecule has 0 bridgehead atoms. The van der Waals surface area contributed by atoms with Gasteiger partial charge in [-0.3, -0.25) is 4.79 Å². The van der Waals surface area contributed by atoms with Crippen molar-refractivity contribution in [3.05, 3.63) is 67.8 Å². The van der Waals surface area contributed by atoms with Crippen molar-refractivity contribution in [2.45, 2.75) is 12.5 Å². The highest BCUT2D eigenvalue weighted by atomic mass is 79.9. The third kappa shape index (κ3) is 2.80. The molecule has 0 fully saturated rings. The Labute approximate surface area is 141 Å². The van der Waals surface area contributed by atoms with E-state index in [-0.39, 0.29) is 11.8 Å². The molecule has 21 heavy (non-hydrogen) atoms. The summed E-state index contributed by atoms with van der Waals surface area (Å²) >= 11 is 11.3. The summed E-state index contributed by atoms with van der Waals surface area (Å²) in [5.74, 6) is 0.0965. The first-order valence-corrected chi connectivity index (χ1v) is 8.52. The van der Waals surface area contributed by atoms with Gasteiger partial charge in [0.2, 0.25) is 5.91 Å². The van der Waals surface area contributed by atoms with Gasteiger partial charge in [-0.25, -0.2) is 0 Å². The molecule has 0 N–H and O–H groups in total. The summed E-state index contributed by atoms with van der Waals surface area (Å²) in [6.45, 7) is 4.85. The molecule has 0 unspecified atom stereocenters. The maximum Gasteiger partial charge on any atom is 0.246 e. The second-order valence-corrected chi connectivity index (χ2v) is 7.55. The van der Waals surface area contributed by atoms with E-state index in [1.54, 1.807) is 11.3 Å². The summed E-state index contributed by atoms with van der Waals surface area (Å²) in [6, 6.07) is 10.2. The zero-order valence-electron chi connectivity index (χ0n) is 11.2. The van der Waals surface area contributed by atoms with Crippen LogP contribution in [0, 0.1) is 0 Å². The number of amides is 1. The van der Waals surface area contributed by atoms with E-state index < -0.39 is 0 Å². The topological polar surface area (TPSA) is 20.3 Å². The fourth-order valence-corrected chi connectivity index (χ4v) is 4.62. The molecule has 5 heteroatoms. The summed E-state index contributed by atoms with van der Waals surface area (Å²) in [4.78, 5) is 15.0. The Bertz CT molecular complexity index is 712. The molecular weight excluding hydrogens is 370 g/mol. The zero-order chi connectivity index (χ0) is 15.0. The highest BCUT2D eigenvalue weighted by Gasteiger charge is 2.31. The van der Waals surface area contributed by atoms with E-state index in [2.05, 4.69) is 28.6 Å². The Balaban J connectivity index is 2.08. The lowest BCUT2D eigenvalue weighted by Gasteiger charge is -2.33. The molecular formula is C16H13BrClNOS. The number of nitrogens with zero attached hydrogens (tertiary/aromatic N) is 1. The maximum atomic E-state index is 12.0. The summed E-state index contributed by atoms with van der Waals surface area (Å²) in [5, 5.41) is 0. The van der Waals surface area contributed by atoms with Crippen molar-refractivity contribution in [2.24, 2.45) is 0 Å². The van der Waals surface area contributed by atoms with Crippen LogP contribution in [0.5, 0.6) is 0 Å². The summed E-state index contributed by atoms with van der Waals surface area (Å²) < 4.78 is 1.82. The standard InChI is InChI=1S/C16H13BrClNOS/c1-2-16(20)19-8-12(10-5-3-4-6-13(10)17)11-7-15(18)21-14(11)9-19/h2-7,12H,1,8-9H2/t12-/m1/s1. The van der Waals surface area contributed by atoms with Crippen LogP contribution in [0.25, 0.3) is 0 Å². The summed E-state index contributed by atoms with van der Waals surface area (Å²) in [5.41, 5.74) is 2.40. The largest absolute Gasteiger partial charge is 0.333 e. The number of carbonyl (C=O) groups excluding carboxylic acids is 1. The Kier molecular flexibility index (Phi) is 4.20. The molecule has 1 aromatic carbocycles. The van der Waals surface area contributed by atoms with Gasteiger partial charge in [-0.1, -0.05) is 52.3 Å². The van der Waals surface area contributed by atoms with E-state index in [9.17, 15) is 4.79 Å². The molecule has 0 spiro atoms. The van der Waals surface area contributed by atoms with E-state index in [4.69, 9.17) is 11.6 Å². The van der Waals surface area contributed by atoms with Crippen molar-refractivity contribution in [1.82, 2.24) is 4.90 Å². The quantitative estimate of drug-likeness (QED) is 0.682. The highest BCUT2D eigenvalue weighted by Crippen LogP contribution is 2.41. The van der Waals surface area contributed by atoms with Gasteiger partial charge in [0.05, 0.1) is 10.9 Å². The van der Waals surface area contributed by atoms with Gasteiger partial charge in [-0.05, 0) is 29.3 Å². The van der Waals surface area contributed by atoms with Crippen LogP contribution < -0.4 is 0 Å². The monoisotopic (exact) mass is 381 g/mol. The zero-order valence-corrected chi connectivity index (χ0v) is 14.3. The second-order valence-electron chi connectivity index (χ2n) is 4.93. The molecule has 1 aliphatic rings. The van der Waals surface area contributed by atoms with Crippen LogP contribution in [0.15, 0.2) is 47.5 Å². The number of carbonyl (C=O) groups is 1. The highest BCUT2D eigenvalue weighted by molar-refractivity contribution is 9.10. The van der Waals surface area contributed by atoms with Crippen molar-refractivity contribution in [3.63, 3.8) is 0 Å². The number of rotatable bonds is 2. The predicted molar refractivity (Wildman–Crippen MR) is 90.9 cm³/mol. The number of hydrogen-bond acceptors (Lipinski definition) is 2. The molecule has 1 aliphatic heterocycles. The van der Waals surface area contributed by atoms with Gasteiger partial charge in [-0.2, -0.15) is 0 Å². The first kappa shape index (κ1) is 14.8. The van der Waals surface area contributed by atoms with Crippen LogP contribution in [-0.4, -0.2) is 17.4 Å². The molecule has 3 rings (SSSR count). The lowest BCUT2D eigenvalue weighted by atomic mass is 9.88. The number of halogens is 2. The van der Waals surface area contributed by atoms with Crippen molar-refractivity contribution >= 4 is 44.8 Å². The maximum absolute atomic E-state index is 12.0. The average molecular weight is 383 g/mol. The second kappa shape index (κ2) is 5.95. The third-order valence-electron chi connectivity index (χ3n) is 3.69. The van der Waals surface area contributed by atoms with Gasteiger partial charge in [-0.15, -0.1) is 11.3 Å². The van der Waals surface area contributed by atoms with E-state index in [0.29, 0.717) is 13.1 Å². The normalized spacial score (nSPS) is 17.4. The Morgan fingerprint density at radius 2 is 2.19 bits per heavy atom. The Morgan fingerprint density at radius 1 is 1.43 bits per heavy atom. The third-order valence-corrected chi connectivity index (χ3v) is 5.68. The van der Waals surface area contributed by atoms with Gasteiger partial charge in [0.25, 0.3) is 0 Å². The Hall–Kier alpha value is -1.10. The van der Waals surface area contributed by atoms with E-state index in [1.807, 2.05) is 29.2 Å². The molecule has 0 saturated heterocycles. The molecule has 2 nitrogen and oxygen atoms in total. The van der Waals surface area contributed by atoms with Gasteiger partial charge < -0.3 is 4.90 Å². The fourth-order valence-electron chi connectivity index (χ4n) is 2.70. The number of thiophene rings is 1. The molecule has 0 radical (unpaired) electrons.